The van der Waals surface area contributed by atoms with Crippen LogP contribution in [0.4, 0.5) is 5.69 Å². The third kappa shape index (κ3) is 6.43. The number of rotatable bonds is 11. The van der Waals surface area contributed by atoms with Crippen molar-refractivity contribution in [3.63, 3.8) is 0 Å². The van der Waals surface area contributed by atoms with Gasteiger partial charge < -0.3 is 19.6 Å². The van der Waals surface area contributed by atoms with E-state index in [1.165, 1.54) is 18.9 Å². The molecule has 2 aromatic carbocycles. The van der Waals surface area contributed by atoms with Crippen molar-refractivity contribution in [3.8, 4) is 11.5 Å². The van der Waals surface area contributed by atoms with Crippen LogP contribution in [0.15, 0.2) is 47.4 Å². The van der Waals surface area contributed by atoms with E-state index in [-0.39, 0.29) is 17.3 Å². The smallest absolute Gasteiger partial charge is 0.241 e. The topological polar surface area (TPSA) is 96.1 Å². The highest BCUT2D eigenvalue weighted by Crippen LogP contribution is 2.39. The summed E-state index contributed by atoms with van der Waals surface area (Å²) in [4.78, 5) is 4.47. The monoisotopic (exact) mass is 447 g/mol. The van der Waals surface area contributed by atoms with Gasteiger partial charge in [0, 0.05) is 19.6 Å². The molecule has 3 rings (SSSR count). The van der Waals surface area contributed by atoms with Crippen LogP contribution in [0.5, 0.6) is 11.5 Å². The number of hydrogen-bond donors (Lipinski definition) is 2. The number of sulfonamides is 1. The fourth-order valence-corrected chi connectivity index (χ4v) is 4.58. The molecule has 1 aliphatic rings. The SMILES string of the molecule is CCCCN(CCN1CCCC1)c1cc(CO)cc(S(N)(=O)=O)c1Oc1ccccc1. The van der Waals surface area contributed by atoms with Crippen molar-refractivity contribution in [2.45, 2.75) is 44.1 Å². The van der Waals surface area contributed by atoms with Crippen LogP contribution < -0.4 is 14.8 Å². The molecule has 0 aliphatic carbocycles. The van der Waals surface area contributed by atoms with Gasteiger partial charge in [-0.25, -0.2) is 13.6 Å². The van der Waals surface area contributed by atoms with Gasteiger partial charge in [0.25, 0.3) is 0 Å². The average Bonchev–Trinajstić information content (AvgIpc) is 3.28. The second kappa shape index (κ2) is 10.9. The van der Waals surface area contributed by atoms with Gasteiger partial charge in [0.2, 0.25) is 10.0 Å². The molecule has 31 heavy (non-hydrogen) atoms. The Morgan fingerprint density at radius 2 is 1.84 bits per heavy atom. The van der Waals surface area contributed by atoms with E-state index in [9.17, 15) is 13.5 Å². The van der Waals surface area contributed by atoms with Gasteiger partial charge in [0.15, 0.2) is 5.75 Å². The van der Waals surface area contributed by atoms with Crippen molar-refractivity contribution in [1.82, 2.24) is 4.90 Å². The largest absolute Gasteiger partial charge is 0.454 e. The van der Waals surface area contributed by atoms with Crippen LogP contribution in [-0.2, 0) is 16.6 Å². The van der Waals surface area contributed by atoms with Crippen LogP contribution >= 0.6 is 0 Å². The first-order valence-corrected chi connectivity index (χ1v) is 12.5. The summed E-state index contributed by atoms with van der Waals surface area (Å²) in [5.41, 5.74) is 1.13. The third-order valence-corrected chi connectivity index (χ3v) is 6.47. The molecule has 1 fully saturated rings. The van der Waals surface area contributed by atoms with E-state index in [4.69, 9.17) is 9.88 Å². The molecule has 0 aromatic heterocycles. The van der Waals surface area contributed by atoms with Crippen molar-refractivity contribution in [2.24, 2.45) is 5.14 Å². The Kier molecular flexibility index (Phi) is 8.31. The molecule has 3 N–H and O–H groups in total. The quantitative estimate of drug-likeness (QED) is 0.549. The minimum atomic E-state index is -4.07. The van der Waals surface area contributed by atoms with Crippen LogP contribution in [0, 0.1) is 0 Å². The summed E-state index contributed by atoms with van der Waals surface area (Å²) >= 11 is 0. The molecule has 8 heteroatoms. The Morgan fingerprint density at radius 3 is 2.45 bits per heavy atom. The van der Waals surface area contributed by atoms with E-state index in [0.717, 1.165) is 45.6 Å². The molecule has 0 saturated carbocycles. The minimum Gasteiger partial charge on any atom is -0.454 e. The maximum absolute atomic E-state index is 12.5. The fourth-order valence-electron chi connectivity index (χ4n) is 3.86. The molecular formula is C23H33N3O4S. The summed E-state index contributed by atoms with van der Waals surface area (Å²) in [7, 11) is -4.07. The molecule has 0 unspecified atom stereocenters. The Hall–Kier alpha value is -2.13. The average molecular weight is 448 g/mol. The molecule has 1 heterocycles. The highest BCUT2D eigenvalue weighted by Gasteiger charge is 2.25. The summed E-state index contributed by atoms with van der Waals surface area (Å²) in [5.74, 6) is 0.740. The van der Waals surface area contributed by atoms with Crippen molar-refractivity contribution in [1.29, 1.82) is 0 Å². The summed E-state index contributed by atoms with van der Waals surface area (Å²) in [6, 6.07) is 12.3. The summed E-state index contributed by atoms with van der Waals surface area (Å²) in [6.07, 6.45) is 4.40. The number of nitrogens with two attached hydrogens (primary N) is 1. The molecule has 0 bridgehead atoms. The van der Waals surface area contributed by atoms with E-state index in [1.54, 1.807) is 12.1 Å². The molecule has 170 valence electrons. The molecule has 2 aromatic rings. The van der Waals surface area contributed by atoms with Gasteiger partial charge in [-0.15, -0.1) is 0 Å². The van der Waals surface area contributed by atoms with Gasteiger partial charge in [0.1, 0.15) is 10.6 Å². The summed E-state index contributed by atoms with van der Waals surface area (Å²) in [6.45, 7) is 6.41. The number of para-hydroxylation sites is 1. The third-order valence-electron chi connectivity index (χ3n) is 5.55. The molecule has 0 amide bonds. The van der Waals surface area contributed by atoms with E-state index in [2.05, 4.69) is 16.7 Å². The lowest BCUT2D eigenvalue weighted by Gasteiger charge is -2.30. The molecule has 7 nitrogen and oxygen atoms in total. The number of aliphatic hydroxyl groups excluding tert-OH is 1. The maximum Gasteiger partial charge on any atom is 0.241 e. The van der Waals surface area contributed by atoms with Crippen LogP contribution in [0.2, 0.25) is 0 Å². The molecule has 0 spiro atoms. The first kappa shape index (κ1) is 23.5. The number of aliphatic hydroxyl groups is 1. The second-order valence-electron chi connectivity index (χ2n) is 7.95. The highest BCUT2D eigenvalue weighted by atomic mass is 32.2. The molecule has 0 radical (unpaired) electrons. The Labute approximate surface area is 185 Å². The zero-order chi connectivity index (χ0) is 22.3. The van der Waals surface area contributed by atoms with Gasteiger partial charge in [-0.3, -0.25) is 0 Å². The first-order valence-electron chi connectivity index (χ1n) is 10.9. The number of ether oxygens (including phenoxy) is 1. The summed E-state index contributed by atoms with van der Waals surface area (Å²) < 4.78 is 31.0. The Morgan fingerprint density at radius 1 is 1.13 bits per heavy atom. The zero-order valence-corrected chi connectivity index (χ0v) is 19.0. The van der Waals surface area contributed by atoms with Gasteiger partial charge >= 0.3 is 0 Å². The number of benzene rings is 2. The number of primary sulfonamides is 1. The van der Waals surface area contributed by atoms with Crippen LogP contribution in [-0.4, -0.2) is 51.1 Å². The lowest BCUT2D eigenvalue weighted by Crippen LogP contribution is -2.35. The van der Waals surface area contributed by atoms with Crippen molar-refractivity contribution in [2.75, 3.05) is 37.6 Å². The normalized spacial score (nSPS) is 14.7. The van der Waals surface area contributed by atoms with Crippen molar-refractivity contribution < 1.29 is 18.3 Å². The van der Waals surface area contributed by atoms with Gasteiger partial charge in [-0.1, -0.05) is 31.5 Å². The van der Waals surface area contributed by atoms with Gasteiger partial charge in [-0.05, 0) is 62.2 Å². The van der Waals surface area contributed by atoms with Gasteiger partial charge in [-0.2, -0.15) is 0 Å². The van der Waals surface area contributed by atoms with Crippen LogP contribution in [0.1, 0.15) is 38.2 Å². The minimum absolute atomic E-state index is 0.111. The van der Waals surface area contributed by atoms with Crippen LogP contribution in [0.3, 0.4) is 0 Å². The molecule has 1 aliphatic heterocycles. The van der Waals surface area contributed by atoms with Crippen molar-refractivity contribution in [3.05, 3.63) is 48.0 Å². The van der Waals surface area contributed by atoms with E-state index >= 15 is 0 Å². The van der Waals surface area contributed by atoms with E-state index in [0.29, 0.717) is 17.0 Å². The lowest BCUT2D eigenvalue weighted by atomic mass is 10.1. The molecule has 0 atom stereocenters. The standard InChI is InChI=1S/C23H33N3O4S/c1-2-3-13-26(15-14-25-11-7-8-12-25)21-16-19(18-27)17-22(31(24,28)29)23(21)30-20-9-5-4-6-10-20/h4-6,9-10,16-17,27H,2-3,7-8,11-15,18H2,1H3,(H2,24,28,29). The first-order chi connectivity index (χ1) is 14.9. The lowest BCUT2D eigenvalue weighted by molar-refractivity contribution is 0.281. The Balaban J connectivity index is 2.05. The predicted molar refractivity (Wildman–Crippen MR) is 123 cm³/mol. The van der Waals surface area contributed by atoms with Crippen molar-refractivity contribution >= 4 is 15.7 Å². The van der Waals surface area contributed by atoms with E-state index in [1.807, 2.05) is 24.3 Å². The number of unbranched alkanes of at least 4 members (excludes halogenated alkanes) is 1. The Bertz CT molecular complexity index is 945. The number of nitrogens with zero attached hydrogens (tertiary/aromatic N) is 2. The summed E-state index contributed by atoms with van der Waals surface area (Å²) in [5, 5.41) is 15.4. The van der Waals surface area contributed by atoms with Gasteiger partial charge in [0.05, 0.1) is 12.3 Å². The highest BCUT2D eigenvalue weighted by molar-refractivity contribution is 7.89. The number of likely N-dealkylation sites (tertiary alicyclic amines) is 1. The molecule has 1 saturated heterocycles. The zero-order valence-electron chi connectivity index (χ0n) is 18.2. The fraction of sp³-hybridized carbons (Fsp3) is 0.478. The van der Waals surface area contributed by atoms with Crippen LogP contribution in [0.25, 0.3) is 0 Å². The second-order valence-corrected chi connectivity index (χ2v) is 9.48. The predicted octanol–water partition coefficient (Wildman–Crippen LogP) is 3.32. The maximum atomic E-state index is 12.5. The molecular weight excluding hydrogens is 414 g/mol. The van der Waals surface area contributed by atoms with E-state index < -0.39 is 10.0 Å². The number of hydrogen-bond acceptors (Lipinski definition) is 6. The number of anilines is 1.